The van der Waals surface area contributed by atoms with Crippen LogP contribution in [-0.4, -0.2) is 10.2 Å². The fourth-order valence-electron chi connectivity index (χ4n) is 2.06. The molecule has 0 aromatic heterocycles. The van der Waals surface area contributed by atoms with E-state index in [2.05, 4.69) is 0 Å². The highest BCUT2D eigenvalue weighted by atomic mass is 16.3. The van der Waals surface area contributed by atoms with Crippen LogP contribution in [0.1, 0.15) is 30.9 Å². The third-order valence-corrected chi connectivity index (χ3v) is 2.86. The predicted octanol–water partition coefficient (Wildman–Crippen LogP) is 3.68. The lowest BCUT2D eigenvalue weighted by Crippen LogP contribution is -1.91. The van der Waals surface area contributed by atoms with Gasteiger partial charge >= 0.3 is 0 Å². The highest BCUT2D eigenvalue weighted by molar-refractivity contribution is 5.91. The van der Waals surface area contributed by atoms with Gasteiger partial charge in [-0.1, -0.05) is 31.5 Å². The fraction of sp³-hybridized carbons (Fsp3) is 0.286. The Morgan fingerprint density at radius 3 is 2.38 bits per heavy atom. The molecule has 0 aliphatic rings. The summed E-state index contributed by atoms with van der Waals surface area (Å²) in [5.74, 6) is 0.475. The molecule has 2 aromatic carbocycles. The molecule has 0 saturated heterocycles. The second kappa shape index (κ2) is 3.71. The van der Waals surface area contributed by atoms with Crippen LogP contribution in [0.25, 0.3) is 10.8 Å². The minimum absolute atomic E-state index is 0.102. The van der Waals surface area contributed by atoms with Crippen molar-refractivity contribution in [3.8, 4) is 11.5 Å². The number of aryl methyl sites for hydroxylation is 1. The first kappa shape index (κ1) is 10.8. The highest BCUT2D eigenvalue weighted by Crippen LogP contribution is 2.40. The number of aromatic hydroxyl groups is 2. The van der Waals surface area contributed by atoms with Crippen molar-refractivity contribution in [2.75, 3.05) is 0 Å². The van der Waals surface area contributed by atoms with E-state index in [9.17, 15) is 10.2 Å². The van der Waals surface area contributed by atoms with Crippen molar-refractivity contribution < 1.29 is 10.2 Å². The third-order valence-electron chi connectivity index (χ3n) is 2.86. The van der Waals surface area contributed by atoms with Gasteiger partial charge in [0.15, 0.2) is 0 Å². The van der Waals surface area contributed by atoms with Gasteiger partial charge in [0.2, 0.25) is 0 Å². The first-order valence-corrected chi connectivity index (χ1v) is 5.46. The third kappa shape index (κ3) is 1.60. The molecule has 0 aliphatic heterocycles. The maximum Gasteiger partial charge on any atom is 0.130 e. The van der Waals surface area contributed by atoms with Gasteiger partial charge in [-0.15, -0.1) is 0 Å². The van der Waals surface area contributed by atoms with Crippen LogP contribution in [0.2, 0.25) is 0 Å². The summed E-state index contributed by atoms with van der Waals surface area (Å²) in [5, 5.41) is 21.7. The Hall–Kier alpha value is -1.70. The maximum absolute atomic E-state index is 10.2. The zero-order valence-electron chi connectivity index (χ0n) is 9.78. The van der Waals surface area contributed by atoms with E-state index in [4.69, 9.17) is 0 Å². The second-order valence-corrected chi connectivity index (χ2v) is 4.54. The predicted molar refractivity (Wildman–Crippen MR) is 66.1 cm³/mol. The highest BCUT2D eigenvalue weighted by Gasteiger charge is 2.15. The van der Waals surface area contributed by atoms with Crippen molar-refractivity contribution in [3.63, 3.8) is 0 Å². The number of benzene rings is 2. The van der Waals surface area contributed by atoms with Gasteiger partial charge < -0.3 is 10.2 Å². The molecule has 0 radical (unpaired) electrons. The summed E-state index contributed by atoms with van der Waals surface area (Å²) in [6.45, 7) is 5.90. The van der Waals surface area contributed by atoms with E-state index in [1.807, 2.05) is 39.0 Å². The average molecular weight is 216 g/mol. The summed E-state index contributed by atoms with van der Waals surface area (Å²) < 4.78 is 0. The molecule has 2 aromatic rings. The molecule has 0 unspecified atom stereocenters. The first-order chi connectivity index (χ1) is 7.50. The zero-order valence-corrected chi connectivity index (χ0v) is 9.78. The van der Waals surface area contributed by atoms with Gasteiger partial charge in [-0.2, -0.15) is 0 Å². The molecule has 2 rings (SSSR count). The summed E-state index contributed by atoms with van der Waals surface area (Å²) in [5.41, 5.74) is 1.72. The molecule has 0 spiro atoms. The Labute approximate surface area is 95.2 Å². The number of hydrogen-bond acceptors (Lipinski definition) is 2. The normalized spacial score (nSPS) is 11.2. The van der Waals surface area contributed by atoms with E-state index in [0.717, 1.165) is 16.3 Å². The van der Waals surface area contributed by atoms with Crippen LogP contribution < -0.4 is 0 Å². The van der Waals surface area contributed by atoms with Crippen LogP contribution in [-0.2, 0) is 0 Å². The van der Waals surface area contributed by atoms with Crippen LogP contribution in [0.15, 0.2) is 24.3 Å². The SMILES string of the molecule is Cc1ccc2cc(O)c(C(C)C)c(O)c2c1. The first-order valence-electron chi connectivity index (χ1n) is 5.46. The Balaban J connectivity index is 2.85. The summed E-state index contributed by atoms with van der Waals surface area (Å²) in [7, 11) is 0. The minimum atomic E-state index is 0.102. The number of hydrogen-bond donors (Lipinski definition) is 2. The largest absolute Gasteiger partial charge is 0.507 e. The smallest absolute Gasteiger partial charge is 0.130 e. The van der Waals surface area contributed by atoms with Crippen LogP contribution >= 0.6 is 0 Å². The molecule has 0 amide bonds. The molecule has 0 aliphatic carbocycles. The summed E-state index contributed by atoms with van der Waals surface area (Å²) >= 11 is 0. The van der Waals surface area contributed by atoms with Crippen LogP contribution in [0.4, 0.5) is 0 Å². The van der Waals surface area contributed by atoms with Gasteiger partial charge in [0.25, 0.3) is 0 Å². The number of phenolic OH excluding ortho intramolecular Hbond substituents is 2. The quantitative estimate of drug-likeness (QED) is 0.763. The van der Waals surface area contributed by atoms with Gasteiger partial charge in [-0.3, -0.25) is 0 Å². The molecule has 0 atom stereocenters. The van der Waals surface area contributed by atoms with E-state index in [1.165, 1.54) is 0 Å². The van der Waals surface area contributed by atoms with Crippen molar-refractivity contribution in [2.24, 2.45) is 0 Å². The molecule has 16 heavy (non-hydrogen) atoms. The lowest BCUT2D eigenvalue weighted by Gasteiger charge is -2.13. The van der Waals surface area contributed by atoms with E-state index in [0.29, 0.717) is 5.56 Å². The molecule has 0 bridgehead atoms. The van der Waals surface area contributed by atoms with Crippen molar-refractivity contribution in [3.05, 3.63) is 35.4 Å². The molecule has 2 N–H and O–H groups in total. The van der Waals surface area contributed by atoms with Gasteiger partial charge in [-0.05, 0) is 30.4 Å². The molecule has 2 heteroatoms. The van der Waals surface area contributed by atoms with Crippen LogP contribution in [0.5, 0.6) is 11.5 Å². The lowest BCUT2D eigenvalue weighted by molar-refractivity contribution is 0.438. The van der Waals surface area contributed by atoms with Crippen molar-refractivity contribution in [1.29, 1.82) is 0 Å². The monoisotopic (exact) mass is 216 g/mol. The van der Waals surface area contributed by atoms with E-state index in [-0.39, 0.29) is 17.4 Å². The Morgan fingerprint density at radius 2 is 1.75 bits per heavy atom. The topological polar surface area (TPSA) is 40.5 Å². The number of rotatable bonds is 1. The van der Waals surface area contributed by atoms with E-state index >= 15 is 0 Å². The van der Waals surface area contributed by atoms with Gasteiger partial charge in [0.05, 0.1) is 0 Å². The van der Waals surface area contributed by atoms with Crippen LogP contribution in [0.3, 0.4) is 0 Å². The standard InChI is InChI=1S/C14H16O2/c1-8(2)13-12(15)7-10-5-4-9(3)6-11(10)14(13)16/h4-8,15-16H,1-3H3. The second-order valence-electron chi connectivity index (χ2n) is 4.54. The lowest BCUT2D eigenvalue weighted by atomic mass is 9.95. The number of fused-ring (bicyclic) bond motifs is 1. The molecule has 2 nitrogen and oxygen atoms in total. The Kier molecular flexibility index (Phi) is 2.50. The Morgan fingerprint density at radius 1 is 1.06 bits per heavy atom. The molecule has 84 valence electrons. The molecular weight excluding hydrogens is 200 g/mol. The summed E-state index contributed by atoms with van der Waals surface area (Å²) in [4.78, 5) is 0. The summed E-state index contributed by atoms with van der Waals surface area (Å²) in [6.07, 6.45) is 0. The summed E-state index contributed by atoms with van der Waals surface area (Å²) in [6, 6.07) is 7.53. The molecule has 0 fully saturated rings. The van der Waals surface area contributed by atoms with Gasteiger partial charge in [0.1, 0.15) is 11.5 Å². The van der Waals surface area contributed by atoms with Crippen LogP contribution in [0, 0.1) is 6.92 Å². The number of phenols is 2. The maximum atomic E-state index is 10.2. The zero-order chi connectivity index (χ0) is 11.9. The van der Waals surface area contributed by atoms with Crippen molar-refractivity contribution >= 4 is 10.8 Å². The van der Waals surface area contributed by atoms with Gasteiger partial charge in [0, 0.05) is 10.9 Å². The Bertz CT molecular complexity index is 542. The molecular formula is C14H16O2. The fourth-order valence-corrected chi connectivity index (χ4v) is 2.06. The molecule has 0 heterocycles. The average Bonchev–Trinajstić information content (AvgIpc) is 2.19. The van der Waals surface area contributed by atoms with E-state index < -0.39 is 0 Å². The van der Waals surface area contributed by atoms with Crippen molar-refractivity contribution in [1.82, 2.24) is 0 Å². The van der Waals surface area contributed by atoms with Gasteiger partial charge in [-0.25, -0.2) is 0 Å². The minimum Gasteiger partial charge on any atom is -0.507 e. The van der Waals surface area contributed by atoms with E-state index in [1.54, 1.807) is 6.07 Å². The van der Waals surface area contributed by atoms with Crippen molar-refractivity contribution in [2.45, 2.75) is 26.7 Å². The molecule has 0 saturated carbocycles.